The molecule has 0 saturated carbocycles. The van der Waals surface area contributed by atoms with Crippen molar-refractivity contribution in [3.05, 3.63) is 27.5 Å². The van der Waals surface area contributed by atoms with Crippen molar-refractivity contribution >= 4 is 23.2 Å². The van der Waals surface area contributed by atoms with Gasteiger partial charge in [0, 0.05) is 35.4 Å². The minimum absolute atomic E-state index is 0.556. The molecule has 0 bridgehead atoms. The fraction of sp³-hybridized carbons (Fsp3) is 0.667. The number of rotatable bonds is 3. The SMILES string of the molecule is CCC1C2CNCC2CN1Cc1c(Cl)cc(C)nc1Cl. The molecule has 2 fully saturated rings. The zero-order valence-corrected chi connectivity index (χ0v) is 13.5. The monoisotopic (exact) mass is 313 g/mol. The molecule has 3 rings (SSSR count). The molecule has 3 heterocycles. The lowest BCUT2D eigenvalue weighted by Crippen LogP contribution is -2.34. The first-order valence-corrected chi connectivity index (χ1v) is 8.12. The topological polar surface area (TPSA) is 28.2 Å². The van der Waals surface area contributed by atoms with Crippen molar-refractivity contribution in [2.24, 2.45) is 11.8 Å². The summed E-state index contributed by atoms with van der Waals surface area (Å²) in [6.45, 7) is 8.43. The molecule has 0 aliphatic carbocycles. The molecule has 5 heteroatoms. The van der Waals surface area contributed by atoms with Gasteiger partial charge in [-0.05, 0) is 44.3 Å². The first-order valence-electron chi connectivity index (χ1n) is 7.36. The number of aromatic nitrogens is 1. The summed E-state index contributed by atoms with van der Waals surface area (Å²) in [4.78, 5) is 6.88. The molecule has 110 valence electrons. The normalized spacial score (nSPS) is 29.9. The van der Waals surface area contributed by atoms with E-state index in [2.05, 4.69) is 22.1 Å². The first-order chi connectivity index (χ1) is 9.60. The van der Waals surface area contributed by atoms with Gasteiger partial charge in [0.2, 0.25) is 0 Å². The summed E-state index contributed by atoms with van der Waals surface area (Å²) < 4.78 is 0. The summed E-state index contributed by atoms with van der Waals surface area (Å²) in [6.07, 6.45) is 1.18. The number of halogens is 2. The second-order valence-corrected chi connectivity index (χ2v) is 6.77. The second-order valence-electron chi connectivity index (χ2n) is 6.00. The number of nitrogens with zero attached hydrogens (tertiary/aromatic N) is 2. The Labute approximate surface area is 130 Å². The molecule has 20 heavy (non-hydrogen) atoms. The van der Waals surface area contributed by atoms with E-state index < -0.39 is 0 Å². The molecule has 0 spiro atoms. The molecule has 3 unspecified atom stereocenters. The highest BCUT2D eigenvalue weighted by Crippen LogP contribution is 2.36. The van der Waals surface area contributed by atoms with Crippen LogP contribution in [0.2, 0.25) is 10.2 Å². The zero-order valence-electron chi connectivity index (χ0n) is 12.0. The molecule has 2 saturated heterocycles. The molecule has 0 radical (unpaired) electrons. The smallest absolute Gasteiger partial charge is 0.135 e. The van der Waals surface area contributed by atoms with Crippen LogP contribution in [0.4, 0.5) is 0 Å². The fourth-order valence-corrected chi connectivity index (χ4v) is 4.47. The molecule has 0 amide bonds. The molecule has 3 atom stereocenters. The maximum absolute atomic E-state index is 6.36. The van der Waals surface area contributed by atoms with E-state index >= 15 is 0 Å². The highest BCUT2D eigenvalue weighted by atomic mass is 35.5. The second kappa shape index (κ2) is 5.80. The fourth-order valence-electron chi connectivity index (χ4n) is 3.82. The van der Waals surface area contributed by atoms with Crippen LogP contribution in [0.1, 0.15) is 24.6 Å². The Balaban J connectivity index is 1.81. The third-order valence-electron chi connectivity index (χ3n) is 4.75. The molecule has 1 aromatic rings. The maximum Gasteiger partial charge on any atom is 0.135 e. The highest BCUT2D eigenvalue weighted by Gasteiger charge is 2.43. The van der Waals surface area contributed by atoms with Crippen LogP contribution in [-0.2, 0) is 6.54 Å². The Bertz CT molecular complexity index is 483. The number of fused-ring (bicyclic) bond motifs is 1. The number of nitrogens with one attached hydrogen (secondary N) is 1. The number of aryl methyl sites for hydroxylation is 1. The standard InChI is InChI=1S/C15H21Cl2N3/c1-3-14-11-6-18-5-10(11)7-20(14)8-12-13(16)4-9(2)19-15(12)17/h4,10-11,14,18H,3,5-8H2,1-2H3. The molecular weight excluding hydrogens is 293 g/mol. The quantitative estimate of drug-likeness (QED) is 0.869. The average Bonchev–Trinajstić information content (AvgIpc) is 2.93. The maximum atomic E-state index is 6.36. The minimum atomic E-state index is 0.556. The van der Waals surface area contributed by atoms with Gasteiger partial charge in [0.25, 0.3) is 0 Å². The lowest BCUT2D eigenvalue weighted by molar-refractivity contribution is 0.210. The van der Waals surface area contributed by atoms with Crippen LogP contribution in [-0.4, -0.2) is 35.6 Å². The summed E-state index contributed by atoms with van der Waals surface area (Å²) in [7, 11) is 0. The minimum Gasteiger partial charge on any atom is -0.316 e. The lowest BCUT2D eigenvalue weighted by atomic mass is 9.93. The van der Waals surface area contributed by atoms with Gasteiger partial charge in [0.1, 0.15) is 5.15 Å². The summed E-state index contributed by atoms with van der Waals surface area (Å²) in [6, 6.07) is 2.53. The Morgan fingerprint density at radius 2 is 2.20 bits per heavy atom. The van der Waals surface area contributed by atoms with E-state index in [1.54, 1.807) is 0 Å². The number of pyridine rings is 1. The van der Waals surface area contributed by atoms with Crippen LogP contribution in [0.5, 0.6) is 0 Å². The van der Waals surface area contributed by atoms with Crippen molar-refractivity contribution in [3.8, 4) is 0 Å². The molecule has 2 aliphatic heterocycles. The van der Waals surface area contributed by atoms with Crippen molar-refractivity contribution in [1.29, 1.82) is 0 Å². The van der Waals surface area contributed by atoms with E-state index in [0.717, 1.165) is 54.3 Å². The summed E-state index contributed by atoms with van der Waals surface area (Å²) in [5, 5.41) is 4.81. The van der Waals surface area contributed by atoms with E-state index in [1.165, 1.54) is 6.42 Å². The van der Waals surface area contributed by atoms with Crippen LogP contribution < -0.4 is 5.32 Å². The Morgan fingerprint density at radius 3 is 2.90 bits per heavy atom. The average molecular weight is 314 g/mol. The van der Waals surface area contributed by atoms with Gasteiger partial charge in [-0.15, -0.1) is 0 Å². The third-order valence-corrected chi connectivity index (χ3v) is 5.40. The van der Waals surface area contributed by atoms with E-state index in [-0.39, 0.29) is 0 Å². The summed E-state index contributed by atoms with van der Waals surface area (Å²) >= 11 is 12.7. The Hall–Kier alpha value is -0.350. The van der Waals surface area contributed by atoms with Crippen LogP contribution >= 0.6 is 23.2 Å². The van der Waals surface area contributed by atoms with Crippen LogP contribution in [0.25, 0.3) is 0 Å². The van der Waals surface area contributed by atoms with Gasteiger partial charge in [-0.2, -0.15) is 0 Å². The van der Waals surface area contributed by atoms with Gasteiger partial charge in [-0.3, -0.25) is 4.90 Å². The lowest BCUT2D eigenvalue weighted by Gasteiger charge is -2.27. The van der Waals surface area contributed by atoms with Crippen LogP contribution in [0.15, 0.2) is 6.07 Å². The molecule has 1 aromatic heterocycles. The van der Waals surface area contributed by atoms with Crippen molar-refractivity contribution in [1.82, 2.24) is 15.2 Å². The number of hydrogen-bond acceptors (Lipinski definition) is 3. The number of likely N-dealkylation sites (tertiary alicyclic amines) is 1. The molecule has 3 nitrogen and oxygen atoms in total. The van der Waals surface area contributed by atoms with E-state index in [9.17, 15) is 0 Å². The van der Waals surface area contributed by atoms with Crippen LogP contribution in [0.3, 0.4) is 0 Å². The van der Waals surface area contributed by atoms with Crippen molar-refractivity contribution in [2.45, 2.75) is 32.9 Å². The van der Waals surface area contributed by atoms with Crippen molar-refractivity contribution in [3.63, 3.8) is 0 Å². The van der Waals surface area contributed by atoms with Gasteiger partial charge in [-0.25, -0.2) is 4.98 Å². The summed E-state index contributed by atoms with van der Waals surface area (Å²) in [5.74, 6) is 1.55. The third kappa shape index (κ3) is 2.57. The zero-order chi connectivity index (χ0) is 14.3. The molecule has 1 N–H and O–H groups in total. The largest absolute Gasteiger partial charge is 0.316 e. The first kappa shape index (κ1) is 14.6. The molecule has 0 aromatic carbocycles. The van der Waals surface area contributed by atoms with Crippen molar-refractivity contribution < 1.29 is 0 Å². The Kier molecular flexibility index (Phi) is 4.23. The van der Waals surface area contributed by atoms with Gasteiger partial charge in [-0.1, -0.05) is 30.1 Å². The van der Waals surface area contributed by atoms with Crippen molar-refractivity contribution in [2.75, 3.05) is 19.6 Å². The Morgan fingerprint density at radius 1 is 1.40 bits per heavy atom. The van der Waals surface area contributed by atoms with E-state index in [0.29, 0.717) is 11.2 Å². The van der Waals surface area contributed by atoms with Gasteiger partial charge >= 0.3 is 0 Å². The van der Waals surface area contributed by atoms with E-state index in [4.69, 9.17) is 23.2 Å². The molecular formula is C15H21Cl2N3. The van der Waals surface area contributed by atoms with Crippen LogP contribution in [0, 0.1) is 18.8 Å². The number of hydrogen-bond donors (Lipinski definition) is 1. The molecule has 2 aliphatic rings. The van der Waals surface area contributed by atoms with Gasteiger partial charge in [0.05, 0.1) is 0 Å². The van der Waals surface area contributed by atoms with Gasteiger partial charge < -0.3 is 5.32 Å². The summed E-state index contributed by atoms with van der Waals surface area (Å²) in [5.41, 5.74) is 1.85. The predicted octanol–water partition coefficient (Wildman–Crippen LogP) is 3.13. The highest BCUT2D eigenvalue weighted by molar-refractivity contribution is 6.35. The predicted molar refractivity (Wildman–Crippen MR) is 83.3 cm³/mol. The van der Waals surface area contributed by atoms with E-state index in [1.807, 2.05) is 13.0 Å². The van der Waals surface area contributed by atoms with Gasteiger partial charge in [0.15, 0.2) is 0 Å².